The smallest absolute Gasteiger partial charge is 0.258 e. The molecule has 0 fully saturated rings. The zero-order valence-corrected chi connectivity index (χ0v) is 14.9. The number of amides is 1. The number of aliphatic hydroxyl groups is 1. The van der Waals surface area contributed by atoms with Crippen LogP contribution in [0.3, 0.4) is 0 Å². The summed E-state index contributed by atoms with van der Waals surface area (Å²) in [4.78, 5) is 11.9. The quantitative estimate of drug-likeness (QED) is 0.773. The number of aryl methyl sites for hydroxylation is 3. The summed E-state index contributed by atoms with van der Waals surface area (Å²) in [6.07, 6.45) is -0.788. The molecule has 0 saturated carbocycles. The fourth-order valence-corrected chi connectivity index (χ4v) is 2.25. The SMILES string of the molecule is Cc1ccc(C)c(OCC(=O)NCC(O)COc2ccccc2C)c1. The first kappa shape index (κ1) is 18.8. The largest absolute Gasteiger partial charge is 0.491 e. The van der Waals surface area contributed by atoms with Gasteiger partial charge in [-0.1, -0.05) is 30.3 Å². The van der Waals surface area contributed by atoms with Crippen molar-refractivity contribution in [1.29, 1.82) is 0 Å². The van der Waals surface area contributed by atoms with E-state index in [1.807, 2.05) is 63.2 Å². The Balaban J connectivity index is 1.70. The zero-order valence-electron chi connectivity index (χ0n) is 14.9. The van der Waals surface area contributed by atoms with E-state index in [2.05, 4.69) is 5.32 Å². The van der Waals surface area contributed by atoms with Crippen LogP contribution in [0.2, 0.25) is 0 Å². The highest BCUT2D eigenvalue weighted by molar-refractivity contribution is 5.77. The zero-order chi connectivity index (χ0) is 18.2. The van der Waals surface area contributed by atoms with Crippen LogP contribution < -0.4 is 14.8 Å². The maximum Gasteiger partial charge on any atom is 0.258 e. The highest BCUT2D eigenvalue weighted by Crippen LogP contribution is 2.19. The Bertz CT molecular complexity index is 715. The average Bonchev–Trinajstić information content (AvgIpc) is 2.60. The second kappa shape index (κ2) is 9.08. The Morgan fingerprint density at radius 2 is 1.76 bits per heavy atom. The third kappa shape index (κ3) is 6.12. The van der Waals surface area contributed by atoms with Crippen molar-refractivity contribution in [3.05, 3.63) is 59.2 Å². The molecule has 2 aromatic carbocycles. The number of ether oxygens (including phenoxy) is 2. The summed E-state index contributed by atoms with van der Waals surface area (Å²) < 4.78 is 11.1. The molecule has 2 rings (SSSR count). The molecule has 5 nitrogen and oxygen atoms in total. The molecule has 0 bridgehead atoms. The van der Waals surface area contributed by atoms with E-state index in [1.54, 1.807) is 0 Å². The first-order chi connectivity index (χ1) is 12.0. The molecular formula is C20H25NO4. The first-order valence-corrected chi connectivity index (χ1v) is 8.29. The molecule has 0 aromatic heterocycles. The normalized spacial score (nSPS) is 11.7. The Morgan fingerprint density at radius 3 is 2.52 bits per heavy atom. The lowest BCUT2D eigenvalue weighted by molar-refractivity contribution is -0.123. The highest BCUT2D eigenvalue weighted by Gasteiger charge is 2.10. The Kier molecular flexibility index (Phi) is 6.83. The minimum absolute atomic E-state index is 0.0876. The highest BCUT2D eigenvalue weighted by atomic mass is 16.5. The van der Waals surface area contributed by atoms with Gasteiger partial charge in [-0.15, -0.1) is 0 Å². The fraction of sp³-hybridized carbons (Fsp3) is 0.350. The van der Waals surface area contributed by atoms with Gasteiger partial charge in [-0.25, -0.2) is 0 Å². The van der Waals surface area contributed by atoms with E-state index < -0.39 is 6.10 Å². The van der Waals surface area contributed by atoms with Crippen molar-refractivity contribution in [2.75, 3.05) is 19.8 Å². The molecule has 1 unspecified atom stereocenters. The monoisotopic (exact) mass is 343 g/mol. The molecule has 0 saturated heterocycles. The van der Waals surface area contributed by atoms with Crippen molar-refractivity contribution in [3.8, 4) is 11.5 Å². The van der Waals surface area contributed by atoms with Gasteiger partial charge in [0, 0.05) is 6.54 Å². The number of carbonyl (C=O) groups excluding carboxylic acids is 1. The van der Waals surface area contributed by atoms with Crippen LogP contribution in [0.5, 0.6) is 11.5 Å². The second-order valence-corrected chi connectivity index (χ2v) is 6.09. The Morgan fingerprint density at radius 1 is 1.04 bits per heavy atom. The topological polar surface area (TPSA) is 67.8 Å². The van der Waals surface area contributed by atoms with Crippen molar-refractivity contribution in [2.45, 2.75) is 26.9 Å². The fourth-order valence-electron chi connectivity index (χ4n) is 2.25. The molecule has 1 atom stereocenters. The van der Waals surface area contributed by atoms with Crippen LogP contribution in [-0.2, 0) is 4.79 Å². The number of aliphatic hydroxyl groups excluding tert-OH is 1. The molecule has 2 N–H and O–H groups in total. The van der Waals surface area contributed by atoms with Gasteiger partial charge in [-0.3, -0.25) is 4.79 Å². The summed E-state index contributed by atoms with van der Waals surface area (Å²) in [6, 6.07) is 13.4. The number of rotatable bonds is 8. The maximum atomic E-state index is 11.9. The van der Waals surface area contributed by atoms with E-state index >= 15 is 0 Å². The van der Waals surface area contributed by atoms with Crippen LogP contribution in [0.4, 0.5) is 0 Å². The summed E-state index contributed by atoms with van der Waals surface area (Å²) in [5.41, 5.74) is 3.05. The van der Waals surface area contributed by atoms with E-state index in [0.717, 1.165) is 22.4 Å². The molecule has 0 radical (unpaired) electrons. The van der Waals surface area contributed by atoms with E-state index in [4.69, 9.17) is 9.47 Å². The molecule has 0 aliphatic rings. The predicted molar refractivity (Wildman–Crippen MR) is 97.1 cm³/mol. The number of hydrogen-bond donors (Lipinski definition) is 2. The molecule has 2 aromatic rings. The average molecular weight is 343 g/mol. The maximum absolute atomic E-state index is 11.9. The third-order valence-electron chi connectivity index (χ3n) is 3.76. The van der Waals surface area contributed by atoms with E-state index in [1.165, 1.54) is 0 Å². The lowest BCUT2D eigenvalue weighted by Gasteiger charge is -2.15. The second-order valence-electron chi connectivity index (χ2n) is 6.09. The van der Waals surface area contributed by atoms with Gasteiger partial charge in [0.1, 0.15) is 24.2 Å². The van der Waals surface area contributed by atoms with Crippen LogP contribution in [-0.4, -0.2) is 36.9 Å². The summed E-state index contributed by atoms with van der Waals surface area (Å²) in [6.45, 7) is 5.98. The van der Waals surface area contributed by atoms with Crippen molar-refractivity contribution < 1.29 is 19.4 Å². The van der Waals surface area contributed by atoms with E-state index in [9.17, 15) is 9.90 Å². The molecule has 0 aliphatic heterocycles. The van der Waals surface area contributed by atoms with Crippen LogP contribution >= 0.6 is 0 Å². The van der Waals surface area contributed by atoms with Gasteiger partial charge in [0.25, 0.3) is 5.91 Å². The third-order valence-corrected chi connectivity index (χ3v) is 3.76. The van der Waals surface area contributed by atoms with Crippen molar-refractivity contribution >= 4 is 5.91 Å². The van der Waals surface area contributed by atoms with E-state index in [0.29, 0.717) is 5.75 Å². The number of nitrogens with one attached hydrogen (secondary N) is 1. The van der Waals surface area contributed by atoms with Crippen LogP contribution in [0.25, 0.3) is 0 Å². The molecule has 0 heterocycles. The number of benzene rings is 2. The molecule has 5 heteroatoms. The van der Waals surface area contributed by atoms with Gasteiger partial charge in [0.05, 0.1) is 0 Å². The van der Waals surface area contributed by atoms with Crippen LogP contribution in [0.1, 0.15) is 16.7 Å². The van der Waals surface area contributed by atoms with Crippen molar-refractivity contribution in [1.82, 2.24) is 5.32 Å². The summed E-state index contributed by atoms with van der Waals surface area (Å²) in [5.74, 6) is 1.14. The standard InChI is InChI=1S/C20H25NO4/c1-14-8-9-16(3)19(10-14)25-13-20(23)21-11-17(22)12-24-18-7-5-4-6-15(18)2/h4-10,17,22H,11-13H2,1-3H3,(H,21,23). The lowest BCUT2D eigenvalue weighted by atomic mass is 10.1. The van der Waals surface area contributed by atoms with Gasteiger partial charge in [0.15, 0.2) is 6.61 Å². The molecule has 1 amide bonds. The number of hydrogen-bond acceptors (Lipinski definition) is 4. The van der Waals surface area contributed by atoms with Crippen molar-refractivity contribution in [3.63, 3.8) is 0 Å². The van der Waals surface area contributed by atoms with Gasteiger partial charge >= 0.3 is 0 Å². The van der Waals surface area contributed by atoms with Crippen LogP contribution in [0.15, 0.2) is 42.5 Å². The molecule has 134 valence electrons. The lowest BCUT2D eigenvalue weighted by Crippen LogP contribution is -2.37. The first-order valence-electron chi connectivity index (χ1n) is 8.29. The Hall–Kier alpha value is -2.53. The van der Waals surface area contributed by atoms with E-state index in [-0.39, 0.29) is 25.7 Å². The summed E-state index contributed by atoms with van der Waals surface area (Å²) in [7, 11) is 0. The minimum Gasteiger partial charge on any atom is -0.491 e. The molecular weight excluding hydrogens is 318 g/mol. The van der Waals surface area contributed by atoms with Gasteiger partial charge < -0.3 is 19.9 Å². The van der Waals surface area contributed by atoms with Gasteiger partial charge in [-0.05, 0) is 49.6 Å². The Labute approximate surface area is 148 Å². The van der Waals surface area contributed by atoms with Crippen molar-refractivity contribution in [2.24, 2.45) is 0 Å². The summed E-state index contributed by atoms with van der Waals surface area (Å²) >= 11 is 0. The predicted octanol–water partition coefficient (Wildman–Crippen LogP) is 2.55. The summed E-state index contributed by atoms with van der Waals surface area (Å²) in [5, 5.41) is 12.6. The number of carbonyl (C=O) groups is 1. The number of para-hydroxylation sites is 1. The minimum atomic E-state index is -0.788. The van der Waals surface area contributed by atoms with Crippen LogP contribution in [0, 0.1) is 20.8 Å². The van der Waals surface area contributed by atoms with Gasteiger partial charge in [-0.2, -0.15) is 0 Å². The molecule has 0 spiro atoms. The molecule has 0 aliphatic carbocycles. The van der Waals surface area contributed by atoms with Gasteiger partial charge in [0.2, 0.25) is 0 Å². The molecule has 25 heavy (non-hydrogen) atoms.